The van der Waals surface area contributed by atoms with E-state index >= 15 is 0 Å². The van der Waals surface area contributed by atoms with Crippen LogP contribution in [0.15, 0.2) is 0 Å². The van der Waals surface area contributed by atoms with Crippen molar-refractivity contribution in [3.8, 4) is 0 Å². The molecule has 0 fully saturated rings. The molecule has 0 saturated heterocycles. The zero-order valence-electron chi connectivity index (χ0n) is 8.15. The van der Waals surface area contributed by atoms with Crippen molar-refractivity contribution in [3.05, 3.63) is 0 Å². The number of halogens is 3. The summed E-state index contributed by atoms with van der Waals surface area (Å²) in [5.74, 6) is 0. The summed E-state index contributed by atoms with van der Waals surface area (Å²) in [4.78, 5) is 0. The molecule has 5 nitrogen and oxygen atoms in total. The molecule has 15 heavy (non-hydrogen) atoms. The van der Waals surface area contributed by atoms with Gasteiger partial charge in [-0.05, 0) is 13.8 Å². The standard InChI is InChI=1S/C6H12F3O5P/c1-3-12-15(11,13-4-2)14-5(10)6(7,8)9/h5,10H,3-4H2,1-2H3. The Hall–Kier alpha value is -0.140. The fourth-order valence-electron chi connectivity index (χ4n) is 0.596. The van der Waals surface area contributed by atoms with E-state index in [9.17, 15) is 17.7 Å². The topological polar surface area (TPSA) is 65.0 Å². The SMILES string of the molecule is CCOP(=O)(OCC)OC(O)C(F)(F)F. The predicted molar refractivity (Wildman–Crippen MR) is 44.0 cm³/mol. The number of phosphoric ester groups is 1. The molecule has 0 spiro atoms. The smallest absolute Gasteiger partial charge is 0.361 e. The van der Waals surface area contributed by atoms with Gasteiger partial charge in [0.15, 0.2) is 0 Å². The van der Waals surface area contributed by atoms with Gasteiger partial charge >= 0.3 is 14.0 Å². The minimum absolute atomic E-state index is 0.165. The quantitative estimate of drug-likeness (QED) is 0.579. The molecule has 0 aliphatic heterocycles. The molecule has 9 heteroatoms. The number of aliphatic hydroxyl groups is 1. The molecule has 0 saturated carbocycles. The van der Waals surface area contributed by atoms with E-state index in [0.717, 1.165) is 0 Å². The minimum atomic E-state index is -5.04. The van der Waals surface area contributed by atoms with E-state index in [1.54, 1.807) is 0 Å². The Labute approximate surface area is 84.7 Å². The third kappa shape index (κ3) is 5.48. The van der Waals surface area contributed by atoms with E-state index in [1.807, 2.05) is 0 Å². The lowest BCUT2D eigenvalue weighted by Crippen LogP contribution is -2.30. The Kier molecular flexibility index (Phi) is 5.76. The lowest BCUT2D eigenvalue weighted by molar-refractivity contribution is -0.270. The summed E-state index contributed by atoms with van der Waals surface area (Å²) in [5, 5.41) is 8.50. The zero-order valence-corrected chi connectivity index (χ0v) is 9.05. The maximum Gasteiger partial charge on any atom is 0.477 e. The van der Waals surface area contributed by atoms with Crippen LogP contribution in [0, 0.1) is 0 Å². The summed E-state index contributed by atoms with van der Waals surface area (Å²) in [7, 11) is -4.34. The average Bonchev–Trinajstić information content (AvgIpc) is 2.02. The maximum atomic E-state index is 11.9. The number of alkyl halides is 3. The average molecular weight is 252 g/mol. The van der Waals surface area contributed by atoms with Crippen molar-refractivity contribution in [2.24, 2.45) is 0 Å². The summed E-state index contributed by atoms with van der Waals surface area (Å²) in [6.07, 6.45) is -8.23. The molecule has 0 heterocycles. The first-order chi connectivity index (χ1) is 6.75. The van der Waals surface area contributed by atoms with Gasteiger partial charge < -0.3 is 5.11 Å². The molecule has 0 aromatic carbocycles. The van der Waals surface area contributed by atoms with Crippen molar-refractivity contribution < 1.29 is 36.4 Å². The fraction of sp³-hybridized carbons (Fsp3) is 1.00. The maximum absolute atomic E-state index is 11.9. The van der Waals surface area contributed by atoms with E-state index in [-0.39, 0.29) is 13.2 Å². The first kappa shape index (κ1) is 14.9. The summed E-state index contributed by atoms with van der Waals surface area (Å²) < 4.78 is 59.5. The molecule has 1 N–H and O–H groups in total. The van der Waals surface area contributed by atoms with Gasteiger partial charge in [0.1, 0.15) is 0 Å². The second-order valence-corrected chi connectivity index (χ2v) is 3.90. The van der Waals surface area contributed by atoms with Gasteiger partial charge in [-0.3, -0.25) is 9.05 Å². The number of hydrogen-bond acceptors (Lipinski definition) is 5. The molecule has 0 aliphatic carbocycles. The Morgan fingerprint density at radius 1 is 1.27 bits per heavy atom. The molecule has 1 atom stereocenters. The van der Waals surface area contributed by atoms with Crippen molar-refractivity contribution in [2.75, 3.05) is 13.2 Å². The molecule has 0 aromatic heterocycles. The summed E-state index contributed by atoms with van der Waals surface area (Å²) in [5.41, 5.74) is 0. The van der Waals surface area contributed by atoms with Crippen molar-refractivity contribution >= 4 is 7.82 Å². The zero-order chi connectivity index (χ0) is 12.1. The second kappa shape index (κ2) is 5.81. The lowest BCUT2D eigenvalue weighted by atomic mass is 10.6. The van der Waals surface area contributed by atoms with Crippen LogP contribution in [0.1, 0.15) is 13.8 Å². The van der Waals surface area contributed by atoms with Crippen LogP contribution in [-0.4, -0.2) is 30.8 Å². The fourth-order valence-corrected chi connectivity index (χ4v) is 1.79. The van der Waals surface area contributed by atoms with E-state index < -0.39 is 20.3 Å². The third-order valence-corrected chi connectivity index (χ3v) is 2.69. The van der Waals surface area contributed by atoms with Crippen LogP contribution < -0.4 is 0 Å². The molecule has 0 aromatic rings. The molecular formula is C6H12F3O5P. The molecule has 0 amide bonds. The Morgan fingerprint density at radius 3 is 1.93 bits per heavy atom. The molecule has 0 aliphatic rings. The number of phosphoric acid groups is 1. The van der Waals surface area contributed by atoms with Gasteiger partial charge in [0.2, 0.25) is 0 Å². The Bertz CT molecular complexity index is 221. The van der Waals surface area contributed by atoms with Gasteiger partial charge in [-0.1, -0.05) is 0 Å². The highest BCUT2D eigenvalue weighted by Gasteiger charge is 2.45. The van der Waals surface area contributed by atoms with Crippen LogP contribution in [0.25, 0.3) is 0 Å². The molecule has 1 unspecified atom stereocenters. The summed E-state index contributed by atoms with van der Waals surface area (Å²) in [6, 6.07) is 0. The van der Waals surface area contributed by atoms with Crippen molar-refractivity contribution in [1.82, 2.24) is 0 Å². The number of hydrogen-bond donors (Lipinski definition) is 1. The normalized spacial score (nSPS) is 15.3. The Balaban J connectivity index is 4.48. The Morgan fingerprint density at radius 2 is 1.67 bits per heavy atom. The van der Waals surface area contributed by atoms with Crippen LogP contribution in [0.3, 0.4) is 0 Å². The van der Waals surface area contributed by atoms with Crippen molar-refractivity contribution in [2.45, 2.75) is 26.3 Å². The van der Waals surface area contributed by atoms with Crippen molar-refractivity contribution in [3.63, 3.8) is 0 Å². The van der Waals surface area contributed by atoms with Gasteiger partial charge in [0.25, 0.3) is 6.29 Å². The van der Waals surface area contributed by atoms with Crippen LogP contribution in [0.2, 0.25) is 0 Å². The lowest BCUT2D eigenvalue weighted by Gasteiger charge is -2.21. The van der Waals surface area contributed by atoms with Crippen LogP contribution in [0.4, 0.5) is 13.2 Å². The third-order valence-electron chi connectivity index (χ3n) is 1.08. The van der Waals surface area contributed by atoms with Crippen LogP contribution in [0.5, 0.6) is 0 Å². The van der Waals surface area contributed by atoms with Gasteiger partial charge in [-0.15, -0.1) is 0 Å². The summed E-state index contributed by atoms with van der Waals surface area (Å²) in [6.45, 7) is 2.47. The first-order valence-electron chi connectivity index (χ1n) is 4.07. The minimum Gasteiger partial charge on any atom is -0.361 e. The van der Waals surface area contributed by atoms with Crippen molar-refractivity contribution in [1.29, 1.82) is 0 Å². The highest BCUT2D eigenvalue weighted by molar-refractivity contribution is 7.48. The molecular weight excluding hydrogens is 240 g/mol. The molecule has 92 valence electrons. The molecule has 0 radical (unpaired) electrons. The van der Waals surface area contributed by atoms with Crippen LogP contribution in [-0.2, 0) is 18.1 Å². The second-order valence-electron chi connectivity index (χ2n) is 2.28. The highest BCUT2D eigenvalue weighted by Crippen LogP contribution is 2.51. The predicted octanol–water partition coefficient (Wildman–Crippen LogP) is 2.06. The van der Waals surface area contributed by atoms with E-state index in [4.69, 9.17) is 5.11 Å². The van der Waals surface area contributed by atoms with Gasteiger partial charge in [0.05, 0.1) is 13.2 Å². The summed E-state index contributed by atoms with van der Waals surface area (Å²) >= 11 is 0. The molecule has 0 bridgehead atoms. The number of aliphatic hydroxyl groups excluding tert-OH is 1. The van der Waals surface area contributed by atoms with Gasteiger partial charge in [-0.2, -0.15) is 13.2 Å². The van der Waals surface area contributed by atoms with E-state index in [2.05, 4.69) is 13.6 Å². The van der Waals surface area contributed by atoms with Gasteiger partial charge in [0, 0.05) is 0 Å². The van der Waals surface area contributed by atoms with Crippen LogP contribution >= 0.6 is 7.82 Å². The highest BCUT2D eigenvalue weighted by atomic mass is 31.2. The largest absolute Gasteiger partial charge is 0.477 e. The van der Waals surface area contributed by atoms with Gasteiger partial charge in [-0.25, -0.2) is 9.09 Å². The monoisotopic (exact) mass is 252 g/mol. The first-order valence-corrected chi connectivity index (χ1v) is 5.53. The number of rotatable bonds is 6. The molecule has 0 rings (SSSR count). The van der Waals surface area contributed by atoms with E-state index in [1.165, 1.54) is 13.8 Å². The van der Waals surface area contributed by atoms with E-state index in [0.29, 0.717) is 0 Å².